The number of H-pyrrole nitrogens is 1. The van der Waals surface area contributed by atoms with Crippen LogP contribution in [-0.2, 0) is 11.3 Å². The summed E-state index contributed by atoms with van der Waals surface area (Å²) in [5.74, 6) is 0.157. The summed E-state index contributed by atoms with van der Waals surface area (Å²) < 4.78 is 5.23. The fraction of sp³-hybridized carbons (Fsp3) is 0.462. The molecule has 188 valence electrons. The summed E-state index contributed by atoms with van der Waals surface area (Å²) in [6.07, 6.45) is 6.96. The highest BCUT2D eigenvalue weighted by atomic mass is 16.6. The Bertz CT molecular complexity index is 1090. The van der Waals surface area contributed by atoms with E-state index in [0.717, 1.165) is 18.4 Å². The first-order valence-corrected chi connectivity index (χ1v) is 11.8. The Morgan fingerprint density at radius 1 is 1.20 bits per heavy atom. The van der Waals surface area contributed by atoms with Gasteiger partial charge in [0.05, 0.1) is 17.4 Å². The number of nitrogens with one attached hydrogen (secondary N) is 3. The quantitative estimate of drug-likeness (QED) is 0.348. The standard InChI is InChI=1S/C24H33N5O3.C2H3N/c1-24(2,3)32-23(31)27-15-16-9-11-18(12-10-16)29-21(25)20-19(13-14-26-22(20)30)28-17-7-5-4-6-8-17;1-2-3/h9-14,17H,4-8,15H2,1-3H3,(H2,25,29)(H,27,31)(H2,26,28,30);1H3. The number of alkyl carbamates (subject to hydrolysis) is 1. The van der Waals surface area contributed by atoms with Gasteiger partial charge < -0.3 is 26.1 Å². The van der Waals surface area contributed by atoms with Gasteiger partial charge in [0.2, 0.25) is 0 Å². The van der Waals surface area contributed by atoms with Crippen LogP contribution in [0.2, 0.25) is 0 Å². The second kappa shape index (κ2) is 13.2. The van der Waals surface area contributed by atoms with Crippen LogP contribution in [0.4, 0.5) is 16.2 Å². The summed E-state index contributed by atoms with van der Waals surface area (Å²) in [4.78, 5) is 31.4. The molecule has 9 nitrogen and oxygen atoms in total. The van der Waals surface area contributed by atoms with Gasteiger partial charge in [0.1, 0.15) is 17.0 Å². The van der Waals surface area contributed by atoms with Gasteiger partial charge in [-0.1, -0.05) is 31.4 Å². The average molecular weight is 481 g/mol. The fourth-order valence-electron chi connectivity index (χ4n) is 3.69. The number of rotatable bonds is 6. The lowest BCUT2D eigenvalue weighted by Gasteiger charge is -2.24. The van der Waals surface area contributed by atoms with E-state index in [9.17, 15) is 9.59 Å². The van der Waals surface area contributed by atoms with Crippen LogP contribution in [0.1, 0.15) is 70.9 Å². The molecule has 35 heavy (non-hydrogen) atoms. The number of amides is 1. The molecule has 1 aliphatic rings. The van der Waals surface area contributed by atoms with Crippen molar-refractivity contribution in [3.8, 4) is 6.07 Å². The lowest BCUT2D eigenvalue weighted by molar-refractivity contribution is 0.0523. The normalized spacial score (nSPS) is 14.2. The van der Waals surface area contributed by atoms with E-state index in [4.69, 9.17) is 15.7 Å². The molecular weight excluding hydrogens is 444 g/mol. The number of aromatic nitrogens is 1. The molecule has 0 saturated heterocycles. The number of amidine groups is 1. The van der Waals surface area contributed by atoms with E-state index < -0.39 is 11.7 Å². The van der Waals surface area contributed by atoms with Crippen molar-refractivity contribution in [1.82, 2.24) is 10.3 Å². The second-order valence-electron chi connectivity index (χ2n) is 9.32. The Balaban J connectivity index is 0.00000137. The number of benzene rings is 1. The summed E-state index contributed by atoms with van der Waals surface area (Å²) in [7, 11) is 0. The van der Waals surface area contributed by atoms with Gasteiger partial charge in [-0.15, -0.1) is 0 Å². The van der Waals surface area contributed by atoms with Crippen molar-refractivity contribution < 1.29 is 9.53 Å². The van der Waals surface area contributed by atoms with Crippen molar-refractivity contribution in [3.05, 3.63) is 58.0 Å². The van der Waals surface area contributed by atoms with Crippen LogP contribution in [-0.4, -0.2) is 28.6 Å². The SMILES string of the molecule is CC#N.CC(C)(C)OC(=O)NCc1ccc(N=C(N)c2c(NC3CCCCC3)cc[nH]c2=O)cc1. The smallest absolute Gasteiger partial charge is 0.407 e. The molecule has 0 atom stereocenters. The van der Waals surface area contributed by atoms with Crippen molar-refractivity contribution in [3.63, 3.8) is 0 Å². The molecule has 1 aromatic carbocycles. The average Bonchev–Trinajstić information content (AvgIpc) is 2.79. The van der Waals surface area contributed by atoms with Crippen LogP contribution < -0.4 is 21.9 Å². The molecule has 0 bridgehead atoms. The Kier molecular flexibility index (Phi) is 10.3. The van der Waals surface area contributed by atoms with Gasteiger partial charge in [-0.2, -0.15) is 5.26 Å². The van der Waals surface area contributed by atoms with Gasteiger partial charge in [-0.05, 0) is 57.4 Å². The van der Waals surface area contributed by atoms with Gasteiger partial charge in [-0.25, -0.2) is 9.79 Å². The lowest BCUT2D eigenvalue weighted by atomic mass is 9.95. The summed E-state index contributed by atoms with van der Waals surface area (Å²) in [5.41, 5.74) is 8.01. The number of ether oxygens (including phenoxy) is 1. The van der Waals surface area contributed by atoms with Crippen LogP contribution in [0, 0.1) is 11.3 Å². The molecule has 2 aromatic rings. The van der Waals surface area contributed by atoms with Crippen LogP contribution >= 0.6 is 0 Å². The van der Waals surface area contributed by atoms with E-state index in [1.807, 2.05) is 39.0 Å². The topological polar surface area (TPSA) is 145 Å². The van der Waals surface area contributed by atoms with Crippen molar-refractivity contribution >= 4 is 23.3 Å². The van der Waals surface area contributed by atoms with Crippen molar-refractivity contribution in [1.29, 1.82) is 5.26 Å². The van der Waals surface area contributed by atoms with Crippen LogP contribution in [0.5, 0.6) is 0 Å². The lowest BCUT2D eigenvalue weighted by Crippen LogP contribution is -2.32. The maximum atomic E-state index is 12.5. The molecule has 0 aliphatic heterocycles. The zero-order valence-corrected chi connectivity index (χ0v) is 21.0. The first kappa shape index (κ1) is 27.4. The van der Waals surface area contributed by atoms with E-state index in [0.29, 0.717) is 29.5 Å². The predicted molar refractivity (Wildman–Crippen MR) is 139 cm³/mol. The van der Waals surface area contributed by atoms with Gasteiger partial charge in [-0.3, -0.25) is 4.79 Å². The number of anilines is 1. The highest BCUT2D eigenvalue weighted by Gasteiger charge is 2.18. The number of nitriles is 1. The minimum atomic E-state index is -0.542. The van der Waals surface area contributed by atoms with Crippen LogP contribution in [0.25, 0.3) is 0 Å². The number of carbonyl (C=O) groups is 1. The molecule has 1 fully saturated rings. The van der Waals surface area contributed by atoms with Gasteiger partial charge >= 0.3 is 6.09 Å². The van der Waals surface area contributed by atoms with Crippen molar-refractivity contribution in [2.24, 2.45) is 10.7 Å². The third kappa shape index (κ3) is 9.53. The number of hydrogen-bond acceptors (Lipinski definition) is 6. The monoisotopic (exact) mass is 480 g/mol. The zero-order valence-electron chi connectivity index (χ0n) is 21.0. The van der Waals surface area contributed by atoms with Gasteiger partial charge in [0.25, 0.3) is 5.56 Å². The number of nitrogens with two attached hydrogens (primary N) is 1. The van der Waals surface area contributed by atoms with Crippen LogP contribution in [0.15, 0.2) is 46.3 Å². The Hall–Kier alpha value is -3.80. The molecule has 0 radical (unpaired) electrons. The molecule has 1 amide bonds. The first-order chi connectivity index (χ1) is 16.6. The first-order valence-electron chi connectivity index (χ1n) is 11.8. The number of pyridine rings is 1. The molecule has 1 aromatic heterocycles. The van der Waals surface area contributed by atoms with E-state index in [-0.39, 0.29) is 11.4 Å². The van der Waals surface area contributed by atoms with E-state index in [1.165, 1.54) is 26.2 Å². The number of aliphatic imine (C=N–C) groups is 1. The molecule has 5 N–H and O–H groups in total. The Morgan fingerprint density at radius 3 is 2.43 bits per heavy atom. The Morgan fingerprint density at radius 2 is 1.83 bits per heavy atom. The van der Waals surface area contributed by atoms with E-state index in [2.05, 4.69) is 20.6 Å². The maximum Gasteiger partial charge on any atom is 0.407 e. The molecule has 0 unspecified atom stereocenters. The summed E-state index contributed by atoms with van der Waals surface area (Å²) in [6, 6.07) is 11.2. The molecule has 3 rings (SSSR count). The maximum absolute atomic E-state index is 12.5. The highest BCUT2D eigenvalue weighted by Crippen LogP contribution is 2.23. The predicted octanol–water partition coefficient (Wildman–Crippen LogP) is 4.71. The van der Waals surface area contributed by atoms with Gasteiger partial charge in [0, 0.05) is 25.7 Å². The fourth-order valence-corrected chi connectivity index (χ4v) is 3.69. The molecule has 9 heteroatoms. The summed E-state index contributed by atoms with van der Waals surface area (Å²) >= 11 is 0. The number of hydrogen-bond donors (Lipinski definition) is 4. The third-order valence-corrected chi connectivity index (χ3v) is 5.20. The Labute approximate surface area is 206 Å². The summed E-state index contributed by atoms with van der Waals surface area (Å²) in [5, 5.41) is 13.5. The van der Waals surface area contributed by atoms with E-state index in [1.54, 1.807) is 24.4 Å². The van der Waals surface area contributed by atoms with Crippen LogP contribution in [0.3, 0.4) is 0 Å². The summed E-state index contributed by atoms with van der Waals surface area (Å²) in [6.45, 7) is 7.22. The molecule has 1 aliphatic carbocycles. The molecule has 1 heterocycles. The molecule has 1 saturated carbocycles. The van der Waals surface area contributed by atoms with Crippen molar-refractivity contribution in [2.75, 3.05) is 5.32 Å². The largest absolute Gasteiger partial charge is 0.444 e. The highest BCUT2D eigenvalue weighted by molar-refractivity contribution is 6.03. The minimum Gasteiger partial charge on any atom is -0.444 e. The zero-order chi connectivity index (χ0) is 25.8. The second-order valence-corrected chi connectivity index (χ2v) is 9.32. The number of aromatic amines is 1. The molecular formula is C26H36N6O3. The molecule has 0 spiro atoms. The van der Waals surface area contributed by atoms with E-state index >= 15 is 0 Å². The number of carbonyl (C=O) groups excluding carboxylic acids is 1. The minimum absolute atomic E-state index is 0.157. The third-order valence-electron chi connectivity index (χ3n) is 5.20. The van der Waals surface area contributed by atoms with Crippen molar-refractivity contribution in [2.45, 2.75) is 78.0 Å². The van der Waals surface area contributed by atoms with Gasteiger partial charge in [0.15, 0.2) is 0 Å². The number of nitrogens with zero attached hydrogens (tertiary/aromatic N) is 2.